The van der Waals surface area contributed by atoms with E-state index in [4.69, 9.17) is 16.3 Å². The predicted octanol–water partition coefficient (Wildman–Crippen LogP) is 3.79. The number of nitrogens with one attached hydrogen (secondary N) is 1. The second-order valence-electron chi connectivity index (χ2n) is 4.74. The molecule has 0 amide bonds. The molecule has 0 saturated carbocycles. The molecule has 0 bridgehead atoms. The number of halogens is 5. The summed E-state index contributed by atoms with van der Waals surface area (Å²) in [7, 11) is 0. The first-order valence-corrected chi connectivity index (χ1v) is 6.65. The third-order valence-electron chi connectivity index (χ3n) is 3.28. The smallest absolute Gasteiger partial charge is 0.425 e. The Kier molecular flexibility index (Phi) is 4.75. The summed E-state index contributed by atoms with van der Waals surface area (Å²) in [6, 6.07) is 3.08. The highest BCUT2D eigenvalue weighted by molar-refractivity contribution is 6.32. The third-order valence-corrected chi connectivity index (χ3v) is 3.58. The lowest BCUT2D eigenvalue weighted by atomic mass is 9.91. The van der Waals surface area contributed by atoms with Gasteiger partial charge in [-0.2, -0.15) is 13.2 Å². The van der Waals surface area contributed by atoms with Gasteiger partial charge in [-0.15, -0.1) is 0 Å². The zero-order valence-corrected chi connectivity index (χ0v) is 11.3. The van der Waals surface area contributed by atoms with Crippen molar-refractivity contribution in [1.82, 2.24) is 5.32 Å². The maximum Gasteiger partial charge on any atom is 0.425 e. The van der Waals surface area contributed by atoms with E-state index >= 15 is 0 Å². The molecule has 1 aromatic carbocycles. The van der Waals surface area contributed by atoms with E-state index in [0.29, 0.717) is 25.9 Å². The van der Waals surface area contributed by atoms with E-state index in [9.17, 15) is 17.6 Å². The Hall–Kier alpha value is -1.01. The average molecular weight is 312 g/mol. The lowest BCUT2D eigenvalue weighted by molar-refractivity contribution is -0.212. The Morgan fingerprint density at radius 3 is 2.45 bits per heavy atom. The minimum atomic E-state index is -4.49. The van der Waals surface area contributed by atoms with Crippen LogP contribution in [0.25, 0.3) is 0 Å². The molecule has 112 valence electrons. The van der Waals surface area contributed by atoms with Crippen molar-refractivity contribution in [1.29, 1.82) is 0 Å². The Morgan fingerprint density at radius 2 is 1.90 bits per heavy atom. The zero-order valence-electron chi connectivity index (χ0n) is 10.5. The predicted molar refractivity (Wildman–Crippen MR) is 67.5 cm³/mol. The largest absolute Gasteiger partial charge is 0.479 e. The van der Waals surface area contributed by atoms with E-state index in [-0.39, 0.29) is 10.8 Å². The molecule has 7 heteroatoms. The van der Waals surface area contributed by atoms with Crippen LogP contribution in [0, 0.1) is 11.7 Å². The van der Waals surface area contributed by atoms with Gasteiger partial charge in [-0.25, -0.2) is 4.39 Å². The summed E-state index contributed by atoms with van der Waals surface area (Å²) in [6.45, 7) is 1.05. The second kappa shape index (κ2) is 6.18. The van der Waals surface area contributed by atoms with Gasteiger partial charge in [0.15, 0.2) is 6.10 Å². The van der Waals surface area contributed by atoms with Gasteiger partial charge in [-0.3, -0.25) is 0 Å². The molecular weight excluding hydrogens is 298 g/mol. The first-order chi connectivity index (χ1) is 9.38. The molecule has 0 aromatic heterocycles. The van der Waals surface area contributed by atoms with Gasteiger partial charge >= 0.3 is 6.18 Å². The van der Waals surface area contributed by atoms with E-state index < -0.39 is 24.0 Å². The topological polar surface area (TPSA) is 21.3 Å². The fourth-order valence-electron chi connectivity index (χ4n) is 2.28. The summed E-state index contributed by atoms with van der Waals surface area (Å²) in [5, 5.41) is 2.85. The number of piperidine rings is 1. The average Bonchev–Trinajstić information content (AvgIpc) is 2.37. The summed E-state index contributed by atoms with van der Waals surface area (Å²) in [4.78, 5) is 0. The highest BCUT2D eigenvalue weighted by Gasteiger charge is 2.47. The van der Waals surface area contributed by atoms with E-state index in [1.54, 1.807) is 0 Å². The number of hydrogen-bond acceptors (Lipinski definition) is 2. The Morgan fingerprint density at radius 1 is 1.25 bits per heavy atom. The van der Waals surface area contributed by atoms with Gasteiger partial charge in [0.25, 0.3) is 0 Å². The molecule has 0 radical (unpaired) electrons. The first kappa shape index (κ1) is 15.4. The molecule has 1 unspecified atom stereocenters. The molecule has 1 aliphatic heterocycles. The summed E-state index contributed by atoms with van der Waals surface area (Å²) in [6.07, 6.45) is -5.65. The molecule has 1 saturated heterocycles. The quantitative estimate of drug-likeness (QED) is 0.858. The number of hydrogen-bond donors (Lipinski definition) is 1. The minimum absolute atomic E-state index is 0.145. The van der Waals surface area contributed by atoms with Gasteiger partial charge < -0.3 is 10.1 Å². The van der Waals surface area contributed by atoms with E-state index in [0.717, 1.165) is 18.2 Å². The van der Waals surface area contributed by atoms with Crippen LogP contribution in [0.5, 0.6) is 5.75 Å². The van der Waals surface area contributed by atoms with Crippen LogP contribution in [0.15, 0.2) is 18.2 Å². The summed E-state index contributed by atoms with van der Waals surface area (Å²) < 4.78 is 57.4. The van der Waals surface area contributed by atoms with Crippen molar-refractivity contribution in [3.05, 3.63) is 29.0 Å². The fraction of sp³-hybridized carbons (Fsp3) is 0.538. The van der Waals surface area contributed by atoms with Gasteiger partial charge in [0.2, 0.25) is 0 Å². The van der Waals surface area contributed by atoms with Crippen molar-refractivity contribution in [2.75, 3.05) is 13.1 Å². The first-order valence-electron chi connectivity index (χ1n) is 6.27. The summed E-state index contributed by atoms with van der Waals surface area (Å²) >= 11 is 5.72. The molecule has 1 heterocycles. The van der Waals surface area contributed by atoms with Crippen LogP contribution in [-0.4, -0.2) is 25.4 Å². The maximum absolute atomic E-state index is 13.1. The Balaban J connectivity index is 2.19. The van der Waals surface area contributed by atoms with Crippen LogP contribution in [-0.2, 0) is 0 Å². The van der Waals surface area contributed by atoms with Gasteiger partial charge in [0, 0.05) is 5.92 Å². The van der Waals surface area contributed by atoms with E-state index in [1.165, 1.54) is 0 Å². The lowest BCUT2D eigenvalue weighted by Crippen LogP contribution is -2.45. The minimum Gasteiger partial charge on any atom is -0.479 e. The SMILES string of the molecule is Fc1ccc(OC(C2CCNCC2)C(F)(F)F)c(Cl)c1. The van der Waals surface area contributed by atoms with E-state index in [2.05, 4.69) is 5.32 Å². The molecule has 2 rings (SSSR count). The maximum atomic E-state index is 13.1. The van der Waals surface area contributed by atoms with Crippen molar-refractivity contribution >= 4 is 11.6 Å². The molecule has 0 spiro atoms. The highest BCUT2D eigenvalue weighted by atomic mass is 35.5. The van der Waals surface area contributed by atoms with Crippen LogP contribution in [0.1, 0.15) is 12.8 Å². The molecule has 0 aliphatic carbocycles. The third kappa shape index (κ3) is 3.76. The lowest BCUT2D eigenvalue weighted by Gasteiger charge is -2.32. The Bertz CT molecular complexity index is 460. The van der Waals surface area contributed by atoms with Crippen molar-refractivity contribution in [3.8, 4) is 5.75 Å². The van der Waals surface area contributed by atoms with Gasteiger partial charge in [-0.05, 0) is 44.1 Å². The molecule has 1 aliphatic rings. The number of alkyl halides is 3. The fourth-order valence-corrected chi connectivity index (χ4v) is 2.50. The molecule has 1 N–H and O–H groups in total. The van der Waals surface area contributed by atoms with Gasteiger partial charge in [0.1, 0.15) is 11.6 Å². The van der Waals surface area contributed by atoms with Crippen molar-refractivity contribution in [2.45, 2.75) is 25.1 Å². The standard InChI is InChI=1S/C13H14ClF4NO/c14-10-7-9(15)1-2-11(10)20-12(13(16,17)18)8-3-5-19-6-4-8/h1-2,7-8,12,19H,3-6H2. The van der Waals surface area contributed by atoms with Crippen molar-refractivity contribution in [3.63, 3.8) is 0 Å². The normalized spacial score (nSPS) is 18.9. The van der Waals surface area contributed by atoms with Crippen LogP contribution >= 0.6 is 11.6 Å². The Labute approximate surface area is 119 Å². The zero-order chi connectivity index (χ0) is 14.8. The summed E-state index contributed by atoms with van der Waals surface area (Å²) in [5.74, 6) is -1.39. The van der Waals surface area contributed by atoms with Gasteiger partial charge in [-0.1, -0.05) is 11.6 Å². The number of ether oxygens (including phenoxy) is 1. The van der Waals surface area contributed by atoms with Crippen LogP contribution < -0.4 is 10.1 Å². The van der Waals surface area contributed by atoms with Crippen molar-refractivity contribution < 1.29 is 22.3 Å². The molecular formula is C13H14ClF4NO. The van der Waals surface area contributed by atoms with Crippen LogP contribution in [0.4, 0.5) is 17.6 Å². The molecule has 20 heavy (non-hydrogen) atoms. The highest BCUT2D eigenvalue weighted by Crippen LogP contribution is 2.36. The van der Waals surface area contributed by atoms with Gasteiger partial charge in [0.05, 0.1) is 5.02 Å². The molecule has 1 atom stereocenters. The summed E-state index contributed by atoms with van der Waals surface area (Å²) in [5.41, 5.74) is 0. The molecule has 1 aromatic rings. The van der Waals surface area contributed by atoms with Crippen LogP contribution in [0.3, 0.4) is 0 Å². The van der Waals surface area contributed by atoms with Crippen LogP contribution in [0.2, 0.25) is 5.02 Å². The van der Waals surface area contributed by atoms with Crippen molar-refractivity contribution in [2.24, 2.45) is 5.92 Å². The monoisotopic (exact) mass is 311 g/mol. The number of benzene rings is 1. The molecule has 1 fully saturated rings. The molecule has 2 nitrogen and oxygen atoms in total. The number of rotatable bonds is 3. The van der Waals surface area contributed by atoms with E-state index in [1.807, 2.05) is 0 Å². The second-order valence-corrected chi connectivity index (χ2v) is 5.15.